The highest BCUT2D eigenvalue weighted by Crippen LogP contribution is 2.68. The summed E-state index contributed by atoms with van der Waals surface area (Å²) in [6, 6.07) is 0. The monoisotopic (exact) mass is 354 g/mol. The van der Waals surface area contributed by atoms with Crippen molar-refractivity contribution < 1.29 is 23.0 Å². The molecular formula is C20H28F2O3. The molecule has 5 fully saturated rings. The molecule has 0 aromatic rings. The maximum atomic E-state index is 15.0. The lowest BCUT2D eigenvalue weighted by Crippen LogP contribution is -2.58. The predicted octanol–water partition coefficient (Wildman–Crippen LogP) is 4.20. The summed E-state index contributed by atoms with van der Waals surface area (Å²) < 4.78 is 42.2. The molecule has 0 N–H and O–H groups in total. The zero-order valence-corrected chi connectivity index (χ0v) is 14.9. The minimum atomic E-state index is -2.70. The molecule has 3 nitrogen and oxygen atoms in total. The number of halogens is 2. The van der Waals surface area contributed by atoms with E-state index in [1.807, 2.05) is 0 Å². The predicted molar refractivity (Wildman–Crippen MR) is 87.1 cm³/mol. The zero-order valence-electron chi connectivity index (χ0n) is 14.9. The van der Waals surface area contributed by atoms with Gasteiger partial charge in [0.15, 0.2) is 5.79 Å². The molecule has 1 heterocycles. The second kappa shape index (κ2) is 5.25. The molecule has 0 radical (unpaired) electrons. The summed E-state index contributed by atoms with van der Waals surface area (Å²) in [7, 11) is 0. The first-order chi connectivity index (χ1) is 11.9. The van der Waals surface area contributed by atoms with Crippen LogP contribution in [0.15, 0.2) is 0 Å². The number of hydrogen-bond acceptors (Lipinski definition) is 3. The van der Waals surface area contributed by atoms with E-state index < -0.39 is 17.6 Å². The standard InChI is InChI=1S/C20H28F2O3/c1-18-6-4-13-14-3-2-12(23)10-17(14)19(21,22)11-15(13)16(18)5-7-20(18)24-8-9-25-20/h13-17H,2-11H2,1H3/t13-,14?,15-,16+,17?,18+/m1/s1. The van der Waals surface area contributed by atoms with Crippen molar-refractivity contribution in [3.8, 4) is 0 Å². The Morgan fingerprint density at radius 2 is 1.72 bits per heavy atom. The van der Waals surface area contributed by atoms with Gasteiger partial charge in [-0.15, -0.1) is 0 Å². The van der Waals surface area contributed by atoms with Gasteiger partial charge < -0.3 is 9.47 Å². The van der Waals surface area contributed by atoms with Crippen molar-refractivity contribution >= 4 is 5.78 Å². The molecule has 2 unspecified atom stereocenters. The summed E-state index contributed by atoms with van der Waals surface area (Å²) in [6.45, 7) is 3.47. The van der Waals surface area contributed by atoms with E-state index in [9.17, 15) is 4.79 Å². The second-order valence-electron chi connectivity index (χ2n) is 9.40. The first-order valence-electron chi connectivity index (χ1n) is 10.0. The van der Waals surface area contributed by atoms with E-state index in [0.717, 1.165) is 25.7 Å². The summed E-state index contributed by atoms with van der Waals surface area (Å²) in [5.74, 6) is -3.22. The summed E-state index contributed by atoms with van der Waals surface area (Å²) in [5.41, 5.74) is -0.141. The molecular weight excluding hydrogens is 326 g/mol. The Morgan fingerprint density at radius 1 is 0.960 bits per heavy atom. The fourth-order valence-corrected chi connectivity index (χ4v) is 7.50. The number of carbonyl (C=O) groups is 1. The molecule has 1 aliphatic heterocycles. The zero-order chi connectivity index (χ0) is 17.4. The van der Waals surface area contributed by atoms with E-state index >= 15 is 8.78 Å². The summed E-state index contributed by atoms with van der Waals surface area (Å²) in [6.07, 6.45) is 4.99. The number of rotatable bonds is 0. The molecule has 4 saturated carbocycles. The molecule has 1 saturated heterocycles. The summed E-state index contributed by atoms with van der Waals surface area (Å²) in [5, 5.41) is 0. The Morgan fingerprint density at radius 3 is 2.48 bits per heavy atom. The van der Waals surface area contributed by atoms with E-state index in [0.29, 0.717) is 32.0 Å². The van der Waals surface area contributed by atoms with E-state index in [1.165, 1.54) is 0 Å². The summed E-state index contributed by atoms with van der Waals surface area (Å²) >= 11 is 0. The third-order valence-electron chi connectivity index (χ3n) is 8.61. The van der Waals surface area contributed by atoms with Crippen molar-refractivity contribution in [3.05, 3.63) is 0 Å². The van der Waals surface area contributed by atoms with E-state index in [2.05, 4.69) is 6.92 Å². The highest BCUT2D eigenvalue weighted by atomic mass is 19.3. The Hall–Kier alpha value is -0.550. The number of ether oxygens (including phenoxy) is 2. The van der Waals surface area contributed by atoms with Gasteiger partial charge in [-0.2, -0.15) is 0 Å². The van der Waals surface area contributed by atoms with Crippen LogP contribution in [0, 0.1) is 35.0 Å². The van der Waals surface area contributed by atoms with Crippen molar-refractivity contribution in [3.63, 3.8) is 0 Å². The van der Waals surface area contributed by atoms with E-state index in [-0.39, 0.29) is 41.8 Å². The van der Waals surface area contributed by atoms with Gasteiger partial charge in [-0.05, 0) is 49.4 Å². The smallest absolute Gasteiger partial charge is 0.251 e. The van der Waals surface area contributed by atoms with Crippen molar-refractivity contribution in [1.82, 2.24) is 0 Å². The average molecular weight is 354 g/mol. The molecule has 0 amide bonds. The first kappa shape index (κ1) is 16.6. The maximum absolute atomic E-state index is 15.0. The van der Waals surface area contributed by atoms with Gasteiger partial charge in [-0.3, -0.25) is 4.79 Å². The fourth-order valence-electron chi connectivity index (χ4n) is 7.50. The van der Waals surface area contributed by atoms with Crippen LogP contribution in [0.25, 0.3) is 0 Å². The Bertz CT molecular complexity index is 585. The quantitative estimate of drug-likeness (QED) is 0.654. The van der Waals surface area contributed by atoms with Gasteiger partial charge in [-0.25, -0.2) is 8.78 Å². The number of ketones is 1. The van der Waals surface area contributed by atoms with Crippen LogP contribution in [-0.2, 0) is 14.3 Å². The molecule has 5 rings (SSSR count). The molecule has 0 bridgehead atoms. The third-order valence-corrected chi connectivity index (χ3v) is 8.61. The van der Waals surface area contributed by atoms with Crippen molar-refractivity contribution in [2.45, 2.75) is 70.0 Å². The van der Waals surface area contributed by atoms with Gasteiger partial charge in [0.2, 0.25) is 0 Å². The van der Waals surface area contributed by atoms with E-state index in [1.54, 1.807) is 0 Å². The number of fused-ring (bicyclic) bond motifs is 6. The second-order valence-corrected chi connectivity index (χ2v) is 9.40. The molecule has 6 atom stereocenters. The summed E-state index contributed by atoms with van der Waals surface area (Å²) in [4.78, 5) is 11.8. The van der Waals surface area contributed by atoms with Crippen LogP contribution in [0.5, 0.6) is 0 Å². The number of Topliss-reactive ketones (excluding diaryl/α,β-unsaturated/α-hetero) is 1. The van der Waals surface area contributed by atoms with Gasteiger partial charge in [-0.1, -0.05) is 6.92 Å². The van der Waals surface area contributed by atoms with Crippen LogP contribution in [0.2, 0.25) is 0 Å². The molecule has 4 aliphatic carbocycles. The first-order valence-corrected chi connectivity index (χ1v) is 10.0. The molecule has 0 aromatic heterocycles. The number of hydrogen-bond donors (Lipinski definition) is 0. The van der Waals surface area contributed by atoms with Crippen molar-refractivity contribution in [1.29, 1.82) is 0 Å². The molecule has 25 heavy (non-hydrogen) atoms. The maximum Gasteiger partial charge on any atom is 0.251 e. The Labute approximate surface area is 147 Å². The lowest BCUT2D eigenvalue weighted by Gasteiger charge is -2.58. The van der Waals surface area contributed by atoms with Gasteiger partial charge in [0.1, 0.15) is 5.78 Å². The van der Waals surface area contributed by atoms with Gasteiger partial charge in [0, 0.05) is 37.0 Å². The van der Waals surface area contributed by atoms with Crippen LogP contribution in [0.1, 0.15) is 58.3 Å². The van der Waals surface area contributed by atoms with Gasteiger partial charge in [0.05, 0.1) is 13.2 Å². The van der Waals surface area contributed by atoms with Gasteiger partial charge in [0.25, 0.3) is 5.92 Å². The Balaban J connectivity index is 1.48. The van der Waals surface area contributed by atoms with Gasteiger partial charge >= 0.3 is 0 Å². The normalized spacial score (nSPS) is 50.4. The minimum absolute atomic E-state index is 0.0259. The van der Waals surface area contributed by atoms with E-state index in [4.69, 9.17) is 9.47 Å². The lowest BCUT2D eigenvalue weighted by atomic mass is 9.49. The lowest BCUT2D eigenvalue weighted by molar-refractivity contribution is -0.254. The SMILES string of the molecule is C[C@]12CC[C@@H]3C4CCC(=O)CC4C(F)(F)C[C@H]3[C@@H]1CCC21OCCO1. The molecule has 5 heteroatoms. The molecule has 0 aromatic carbocycles. The highest BCUT2D eigenvalue weighted by Gasteiger charge is 2.68. The number of alkyl halides is 2. The molecule has 5 aliphatic rings. The van der Waals surface area contributed by atoms with Crippen molar-refractivity contribution in [2.24, 2.45) is 35.0 Å². The third kappa shape index (κ3) is 2.11. The Kier molecular flexibility index (Phi) is 3.49. The van der Waals surface area contributed by atoms with Crippen LogP contribution >= 0.6 is 0 Å². The largest absolute Gasteiger partial charge is 0.347 e. The topological polar surface area (TPSA) is 35.5 Å². The number of carbonyl (C=O) groups excluding carboxylic acids is 1. The molecule has 140 valence electrons. The average Bonchev–Trinajstić information content (AvgIpc) is 3.15. The van der Waals surface area contributed by atoms with Crippen LogP contribution in [-0.4, -0.2) is 30.7 Å². The fraction of sp³-hybridized carbons (Fsp3) is 0.950. The van der Waals surface area contributed by atoms with Crippen LogP contribution < -0.4 is 0 Å². The van der Waals surface area contributed by atoms with Crippen molar-refractivity contribution in [2.75, 3.05) is 13.2 Å². The highest BCUT2D eigenvalue weighted by molar-refractivity contribution is 5.79. The van der Waals surface area contributed by atoms with Crippen LogP contribution in [0.4, 0.5) is 8.78 Å². The van der Waals surface area contributed by atoms with Crippen LogP contribution in [0.3, 0.4) is 0 Å². The molecule has 1 spiro atoms. The minimum Gasteiger partial charge on any atom is -0.347 e.